The van der Waals surface area contributed by atoms with Crippen LogP contribution in [-0.2, 0) is 4.79 Å². The van der Waals surface area contributed by atoms with Gasteiger partial charge in [0.05, 0.1) is 0 Å². The van der Waals surface area contributed by atoms with Gasteiger partial charge < -0.3 is 16.1 Å². The maximum Gasteiger partial charge on any atom is 0.0476 e. The maximum absolute atomic E-state index is 10.8. The van der Waals surface area contributed by atoms with Crippen molar-refractivity contribution in [2.75, 3.05) is 0 Å². The van der Waals surface area contributed by atoms with Gasteiger partial charge in [0, 0.05) is 11.4 Å². The molecule has 0 atom stereocenters. The lowest BCUT2D eigenvalue weighted by molar-refractivity contribution is -0.323. The van der Waals surface area contributed by atoms with Crippen LogP contribution in [-0.4, -0.2) is 5.97 Å². The first kappa shape index (κ1) is 14.9. The van der Waals surface area contributed by atoms with Crippen LogP contribution in [0, 0.1) is 10.8 Å². The van der Waals surface area contributed by atoms with Crippen LogP contribution in [0.2, 0.25) is 0 Å². The molecule has 80 valence electrons. The number of carbonyl (C=O) groups excluding carboxylic acids is 1. The van der Waals surface area contributed by atoms with Gasteiger partial charge in [-0.25, -0.2) is 0 Å². The molecule has 0 spiro atoms. The molecule has 0 saturated heterocycles. The molecule has 0 aromatic carbocycles. The smallest absolute Gasteiger partial charge is 0.0476 e. The van der Waals surface area contributed by atoms with Crippen molar-refractivity contribution in [2.45, 2.75) is 47.5 Å². The fraction of sp³-hybridized carbons (Fsp3) is 0.900. The first-order valence-electron chi connectivity index (χ1n) is 4.47. The highest BCUT2D eigenvalue weighted by molar-refractivity contribution is 5.72. The average Bonchev–Trinajstić information content (AvgIpc) is 1.86. The summed E-state index contributed by atoms with van der Waals surface area (Å²) in [6.07, 6.45) is 1.91. The molecular formula is C10H23NO2. The molecule has 0 saturated carbocycles. The topological polar surface area (TPSA) is 76.6 Å². The molecular weight excluding hydrogens is 166 g/mol. The zero-order valence-corrected chi connectivity index (χ0v) is 9.73. The maximum atomic E-state index is 10.8. The van der Waals surface area contributed by atoms with E-state index < -0.39 is 11.4 Å². The van der Waals surface area contributed by atoms with Crippen molar-refractivity contribution in [2.24, 2.45) is 10.8 Å². The normalized spacial score (nSPS) is 12.1. The van der Waals surface area contributed by atoms with E-state index in [1.54, 1.807) is 13.8 Å². The molecule has 0 fully saturated rings. The second kappa shape index (κ2) is 4.61. The lowest BCUT2D eigenvalue weighted by Gasteiger charge is -2.42. The van der Waals surface area contributed by atoms with E-state index in [1.807, 2.05) is 13.8 Å². The number of quaternary nitrogens is 1. The Morgan fingerprint density at radius 1 is 1.23 bits per heavy atom. The van der Waals surface area contributed by atoms with E-state index in [0.717, 1.165) is 12.8 Å². The molecule has 13 heavy (non-hydrogen) atoms. The van der Waals surface area contributed by atoms with E-state index in [1.165, 1.54) is 0 Å². The third-order valence-corrected chi connectivity index (χ3v) is 3.08. The van der Waals surface area contributed by atoms with Gasteiger partial charge in [-0.05, 0) is 11.8 Å². The molecule has 0 heterocycles. The number of carboxylic acids is 1. The second-order valence-electron chi connectivity index (χ2n) is 4.55. The molecule has 0 radical (unpaired) electrons. The van der Waals surface area contributed by atoms with Crippen LogP contribution in [0.1, 0.15) is 47.5 Å². The Morgan fingerprint density at radius 3 is 1.85 bits per heavy atom. The van der Waals surface area contributed by atoms with Crippen LogP contribution >= 0.6 is 0 Å². The Hall–Kier alpha value is -0.570. The van der Waals surface area contributed by atoms with Crippen molar-refractivity contribution in [1.29, 1.82) is 0 Å². The van der Waals surface area contributed by atoms with Gasteiger partial charge in [-0.15, -0.1) is 0 Å². The van der Waals surface area contributed by atoms with Crippen molar-refractivity contribution >= 4 is 5.97 Å². The van der Waals surface area contributed by atoms with Gasteiger partial charge in [-0.1, -0.05) is 41.0 Å². The van der Waals surface area contributed by atoms with Crippen LogP contribution in [0.25, 0.3) is 0 Å². The summed E-state index contributed by atoms with van der Waals surface area (Å²) in [5, 5.41) is 10.8. The first-order chi connectivity index (χ1) is 5.25. The predicted octanol–water partition coefficient (Wildman–Crippen LogP) is 1.96. The minimum Gasteiger partial charge on any atom is -0.550 e. The molecule has 4 N–H and O–H groups in total. The van der Waals surface area contributed by atoms with E-state index in [4.69, 9.17) is 0 Å². The summed E-state index contributed by atoms with van der Waals surface area (Å²) < 4.78 is 0. The Morgan fingerprint density at radius 2 is 1.62 bits per heavy atom. The van der Waals surface area contributed by atoms with Gasteiger partial charge >= 0.3 is 0 Å². The lowest BCUT2D eigenvalue weighted by Crippen LogP contribution is -2.47. The molecule has 0 aromatic rings. The number of aliphatic carboxylic acids is 1. The lowest BCUT2D eigenvalue weighted by atomic mass is 9.66. The standard InChI is InChI=1S/C10H20O2.H3N/c1-6-7-9(2,3)10(4,5)8(11)12;/h6-7H2,1-5H3,(H,11,12);1H3. The van der Waals surface area contributed by atoms with E-state index in [0.29, 0.717) is 0 Å². The van der Waals surface area contributed by atoms with Crippen LogP contribution in [0.15, 0.2) is 0 Å². The van der Waals surface area contributed by atoms with Crippen molar-refractivity contribution in [3.63, 3.8) is 0 Å². The largest absolute Gasteiger partial charge is 0.550 e. The Bertz CT molecular complexity index is 174. The number of carbonyl (C=O) groups is 1. The van der Waals surface area contributed by atoms with Crippen molar-refractivity contribution in [1.82, 2.24) is 6.15 Å². The Balaban J connectivity index is 0. The molecule has 0 aliphatic rings. The molecule has 0 aromatic heterocycles. The quantitative estimate of drug-likeness (QED) is 0.734. The molecule has 0 bridgehead atoms. The van der Waals surface area contributed by atoms with Crippen molar-refractivity contribution in [3.05, 3.63) is 0 Å². The summed E-state index contributed by atoms with van der Waals surface area (Å²) in [7, 11) is 0. The summed E-state index contributed by atoms with van der Waals surface area (Å²) in [6.45, 7) is 9.49. The number of rotatable bonds is 4. The van der Waals surface area contributed by atoms with Gasteiger partial charge in [0.15, 0.2) is 0 Å². The molecule has 0 aliphatic carbocycles. The second-order valence-corrected chi connectivity index (χ2v) is 4.55. The number of carboxylic acid groups (broad SMARTS) is 1. The van der Waals surface area contributed by atoms with Gasteiger partial charge in [0.1, 0.15) is 0 Å². The van der Waals surface area contributed by atoms with Crippen LogP contribution in [0.5, 0.6) is 0 Å². The number of hydrogen-bond donors (Lipinski definition) is 1. The molecule has 3 nitrogen and oxygen atoms in total. The van der Waals surface area contributed by atoms with E-state index in [-0.39, 0.29) is 11.6 Å². The Labute approximate surface area is 81.1 Å². The summed E-state index contributed by atoms with van der Waals surface area (Å²) >= 11 is 0. The SMILES string of the molecule is CCCC(C)(C)C(C)(C)C(=O)[O-].[NH4+]. The van der Waals surface area contributed by atoms with Crippen LogP contribution < -0.4 is 11.3 Å². The summed E-state index contributed by atoms with van der Waals surface area (Å²) in [6, 6.07) is 0. The predicted molar refractivity (Wildman–Crippen MR) is 53.5 cm³/mol. The highest BCUT2D eigenvalue weighted by Gasteiger charge is 2.37. The monoisotopic (exact) mass is 189 g/mol. The zero-order valence-electron chi connectivity index (χ0n) is 9.73. The fourth-order valence-corrected chi connectivity index (χ4v) is 1.21. The van der Waals surface area contributed by atoms with E-state index in [2.05, 4.69) is 6.92 Å². The van der Waals surface area contributed by atoms with Crippen molar-refractivity contribution < 1.29 is 9.90 Å². The van der Waals surface area contributed by atoms with E-state index in [9.17, 15) is 9.90 Å². The minimum atomic E-state index is -0.957. The van der Waals surface area contributed by atoms with Crippen LogP contribution in [0.4, 0.5) is 0 Å². The highest BCUT2D eigenvalue weighted by atomic mass is 16.4. The fourth-order valence-electron chi connectivity index (χ4n) is 1.21. The van der Waals surface area contributed by atoms with Crippen LogP contribution in [0.3, 0.4) is 0 Å². The van der Waals surface area contributed by atoms with E-state index >= 15 is 0 Å². The summed E-state index contributed by atoms with van der Waals surface area (Å²) in [4.78, 5) is 10.8. The third-order valence-electron chi connectivity index (χ3n) is 3.08. The zero-order chi connectivity index (χ0) is 9.99. The van der Waals surface area contributed by atoms with Gasteiger partial charge in [0.25, 0.3) is 0 Å². The van der Waals surface area contributed by atoms with Crippen molar-refractivity contribution in [3.8, 4) is 0 Å². The summed E-state index contributed by atoms with van der Waals surface area (Å²) in [5.41, 5.74) is -0.941. The summed E-state index contributed by atoms with van der Waals surface area (Å²) in [5.74, 6) is -0.957. The third kappa shape index (κ3) is 2.99. The minimum absolute atomic E-state index is 0. The average molecular weight is 189 g/mol. The number of hydrogen-bond acceptors (Lipinski definition) is 2. The van der Waals surface area contributed by atoms with Gasteiger partial charge in [-0.2, -0.15) is 0 Å². The molecule has 3 heteroatoms. The molecule has 0 rings (SSSR count). The van der Waals surface area contributed by atoms with Gasteiger partial charge in [0.2, 0.25) is 0 Å². The Kier molecular flexibility index (Phi) is 5.29. The molecule has 0 aliphatic heterocycles. The highest BCUT2D eigenvalue weighted by Crippen LogP contribution is 2.41. The van der Waals surface area contributed by atoms with Gasteiger partial charge in [-0.3, -0.25) is 0 Å². The molecule has 0 unspecified atom stereocenters. The first-order valence-corrected chi connectivity index (χ1v) is 4.47. The molecule has 0 amide bonds.